The molecule has 0 saturated carbocycles. The van der Waals surface area contributed by atoms with Crippen LogP contribution in [0.4, 0.5) is 0 Å². The van der Waals surface area contributed by atoms with Crippen LogP contribution in [0.15, 0.2) is 0 Å². The average molecular weight is 722 g/mol. The van der Waals surface area contributed by atoms with E-state index in [1.807, 2.05) is 0 Å². The molecule has 0 radical (unpaired) electrons. The molecule has 0 spiro atoms. The van der Waals surface area contributed by atoms with Crippen LogP contribution in [0.3, 0.4) is 0 Å². The number of phosphoric acid groups is 1. The molecule has 0 fully saturated rings. The van der Waals surface area contributed by atoms with E-state index >= 15 is 0 Å². The highest BCUT2D eigenvalue weighted by atomic mass is 31.2. The first kappa shape index (κ1) is 48.0. The number of unbranched alkanes of at least 4 members (excludes halogenated alkanes) is 25. The molecule has 292 valence electrons. The maximum absolute atomic E-state index is 12.4. The summed E-state index contributed by atoms with van der Waals surface area (Å²) in [7, 11) is -4.60. The van der Waals surface area contributed by atoms with E-state index in [0.29, 0.717) is 13.0 Å². The molecule has 0 rings (SSSR count). The number of carbonyl (C=O) groups is 2. The predicted molar refractivity (Wildman–Crippen MR) is 199 cm³/mol. The topological polar surface area (TPSA) is 155 Å². The third kappa shape index (κ3) is 35.2. The van der Waals surface area contributed by atoms with Crippen LogP contribution in [0.2, 0.25) is 0 Å². The van der Waals surface area contributed by atoms with Gasteiger partial charge in [-0.3, -0.25) is 18.6 Å². The first-order valence-corrected chi connectivity index (χ1v) is 21.6. The summed E-state index contributed by atoms with van der Waals surface area (Å²) in [6.07, 6.45) is 33.3. The maximum atomic E-state index is 12.4. The summed E-state index contributed by atoms with van der Waals surface area (Å²) in [5.74, 6) is -1.78. The number of phosphoric ester groups is 1. The Morgan fingerprint density at radius 3 is 1.35 bits per heavy atom. The number of ether oxygens (including phenoxy) is 2. The zero-order valence-electron chi connectivity index (χ0n) is 31.6. The lowest BCUT2D eigenvalue weighted by Gasteiger charge is -2.20. The van der Waals surface area contributed by atoms with Gasteiger partial charge < -0.3 is 25.2 Å². The van der Waals surface area contributed by atoms with Crippen molar-refractivity contribution in [3.63, 3.8) is 0 Å². The molecule has 0 amide bonds. The second-order valence-corrected chi connectivity index (χ2v) is 15.2. The summed E-state index contributed by atoms with van der Waals surface area (Å²) >= 11 is 0. The van der Waals surface area contributed by atoms with E-state index in [1.165, 1.54) is 128 Å². The molecule has 11 heteroatoms. The van der Waals surface area contributed by atoms with E-state index in [4.69, 9.17) is 24.8 Å². The van der Waals surface area contributed by atoms with Gasteiger partial charge in [-0.05, 0) is 12.8 Å². The molecule has 0 saturated heterocycles. The van der Waals surface area contributed by atoms with Crippen molar-refractivity contribution in [3.8, 4) is 0 Å². The van der Waals surface area contributed by atoms with Gasteiger partial charge in [-0.25, -0.2) is 4.57 Å². The lowest BCUT2D eigenvalue weighted by molar-refractivity contribution is -0.154. The largest absolute Gasteiger partial charge is 0.480 e. The molecule has 3 unspecified atom stereocenters. The van der Waals surface area contributed by atoms with E-state index in [0.717, 1.165) is 38.5 Å². The number of aliphatic carboxylic acids is 1. The van der Waals surface area contributed by atoms with E-state index < -0.39 is 45.1 Å². The highest BCUT2D eigenvalue weighted by Gasteiger charge is 2.27. The molecule has 10 nitrogen and oxygen atoms in total. The number of esters is 1. The predicted octanol–water partition coefficient (Wildman–Crippen LogP) is 10.4. The highest BCUT2D eigenvalue weighted by molar-refractivity contribution is 7.47. The first-order chi connectivity index (χ1) is 23.7. The molecule has 0 aromatic carbocycles. The first-order valence-electron chi connectivity index (χ1n) is 20.1. The minimum atomic E-state index is -4.60. The van der Waals surface area contributed by atoms with Crippen molar-refractivity contribution in [2.45, 2.75) is 206 Å². The third-order valence-electron chi connectivity index (χ3n) is 8.89. The van der Waals surface area contributed by atoms with Gasteiger partial charge >= 0.3 is 19.8 Å². The van der Waals surface area contributed by atoms with Crippen molar-refractivity contribution in [1.82, 2.24) is 0 Å². The Labute approximate surface area is 299 Å². The second-order valence-electron chi connectivity index (χ2n) is 13.8. The van der Waals surface area contributed by atoms with Crippen molar-refractivity contribution in [2.24, 2.45) is 5.73 Å². The Morgan fingerprint density at radius 1 is 0.571 bits per heavy atom. The minimum absolute atomic E-state index is 0.0243. The standard InChI is InChI=1S/C38H76NO9P/c1-3-5-7-9-11-12-13-14-15-16-17-18-19-20-21-22-23-25-27-29-31-45-32-35(33-46-49(43,44)47-34-36(39)38(41)42)48-37(40)30-28-26-24-10-8-6-4-2/h35-36H,3-34,39H2,1-2H3,(H,41,42)(H,43,44). The number of nitrogens with two attached hydrogens (primary N) is 1. The quantitative estimate of drug-likeness (QED) is 0.0317. The molecule has 0 aliphatic heterocycles. The van der Waals surface area contributed by atoms with E-state index in [9.17, 15) is 19.0 Å². The zero-order chi connectivity index (χ0) is 36.3. The normalized spacial score (nSPS) is 14.0. The van der Waals surface area contributed by atoms with Gasteiger partial charge in [0.2, 0.25) is 0 Å². The summed E-state index contributed by atoms with van der Waals surface area (Å²) in [5, 5.41) is 8.85. The van der Waals surface area contributed by atoms with Crippen molar-refractivity contribution < 1.29 is 42.7 Å². The fourth-order valence-electron chi connectivity index (χ4n) is 5.72. The molecule has 0 aliphatic rings. The van der Waals surface area contributed by atoms with Crippen LogP contribution < -0.4 is 5.73 Å². The Kier molecular flexibility index (Phi) is 34.6. The average Bonchev–Trinajstić information content (AvgIpc) is 3.07. The Bertz CT molecular complexity index is 801. The van der Waals surface area contributed by atoms with Crippen LogP contribution in [0.5, 0.6) is 0 Å². The summed E-state index contributed by atoms with van der Waals surface area (Å²) in [4.78, 5) is 33.2. The van der Waals surface area contributed by atoms with E-state index in [2.05, 4.69) is 18.4 Å². The number of carbonyl (C=O) groups excluding carboxylic acids is 1. The van der Waals surface area contributed by atoms with Crippen LogP contribution in [0.25, 0.3) is 0 Å². The van der Waals surface area contributed by atoms with E-state index in [1.54, 1.807) is 0 Å². The molecule has 0 bridgehead atoms. The monoisotopic (exact) mass is 722 g/mol. The summed E-state index contributed by atoms with van der Waals surface area (Å²) < 4.78 is 33.1. The van der Waals surface area contributed by atoms with Gasteiger partial charge in [0.15, 0.2) is 0 Å². The summed E-state index contributed by atoms with van der Waals surface area (Å²) in [5.41, 5.74) is 5.33. The SMILES string of the molecule is CCCCCCCCCCCCCCCCCCCCCCOCC(COP(=O)(O)OCC(N)C(=O)O)OC(=O)CCCCCCCCC. The maximum Gasteiger partial charge on any atom is 0.472 e. The van der Waals surface area contributed by atoms with Crippen molar-refractivity contribution in [2.75, 3.05) is 26.4 Å². The number of rotatable bonds is 39. The lowest BCUT2D eigenvalue weighted by atomic mass is 10.0. The molecule has 0 aliphatic carbocycles. The van der Waals surface area contributed by atoms with Gasteiger partial charge in [0.1, 0.15) is 12.1 Å². The molecular formula is C38H76NO9P. The van der Waals surface area contributed by atoms with Gasteiger partial charge in [-0.2, -0.15) is 0 Å². The summed E-state index contributed by atoms with van der Waals surface area (Å²) in [6, 6.07) is -1.47. The minimum Gasteiger partial charge on any atom is -0.480 e. The Balaban J connectivity index is 4.04. The lowest BCUT2D eigenvalue weighted by Crippen LogP contribution is -2.34. The number of hydrogen-bond acceptors (Lipinski definition) is 8. The molecule has 3 atom stereocenters. The summed E-state index contributed by atoms with van der Waals surface area (Å²) in [6.45, 7) is 3.86. The molecule has 0 aromatic heterocycles. The molecule has 0 heterocycles. The van der Waals surface area contributed by atoms with Gasteiger partial charge in [-0.1, -0.05) is 174 Å². The van der Waals surface area contributed by atoms with Crippen molar-refractivity contribution >= 4 is 19.8 Å². The number of carboxylic acid groups (broad SMARTS) is 1. The Morgan fingerprint density at radius 2 is 0.939 bits per heavy atom. The van der Waals surface area contributed by atoms with Crippen LogP contribution >= 0.6 is 7.82 Å². The molecule has 0 aromatic rings. The van der Waals surface area contributed by atoms with E-state index in [-0.39, 0.29) is 13.0 Å². The molecule has 4 N–H and O–H groups in total. The van der Waals surface area contributed by atoms with Crippen LogP contribution in [0.1, 0.15) is 194 Å². The van der Waals surface area contributed by atoms with Crippen molar-refractivity contribution in [1.29, 1.82) is 0 Å². The fraction of sp³-hybridized carbons (Fsp3) is 0.947. The van der Waals surface area contributed by atoms with Crippen LogP contribution in [-0.2, 0) is 32.7 Å². The molecule has 49 heavy (non-hydrogen) atoms. The van der Waals surface area contributed by atoms with Gasteiger partial charge in [-0.15, -0.1) is 0 Å². The smallest absolute Gasteiger partial charge is 0.472 e. The van der Waals surface area contributed by atoms with Gasteiger partial charge in [0.25, 0.3) is 0 Å². The highest BCUT2D eigenvalue weighted by Crippen LogP contribution is 2.43. The van der Waals surface area contributed by atoms with Gasteiger partial charge in [0.05, 0.1) is 19.8 Å². The molecular weight excluding hydrogens is 645 g/mol. The van der Waals surface area contributed by atoms with Gasteiger partial charge in [0, 0.05) is 13.0 Å². The Hall–Kier alpha value is -1.03. The third-order valence-corrected chi connectivity index (χ3v) is 9.84. The second kappa shape index (κ2) is 35.4. The van der Waals surface area contributed by atoms with Crippen LogP contribution in [-0.4, -0.2) is 60.5 Å². The number of carboxylic acids is 1. The number of hydrogen-bond donors (Lipinski definition) is 3. The fourth-order valence-corrected chi connectivity index (χ4v) is 6.50. The van der Waals surface area contributed by atoms with Crippen molar-refractivity contribution in [3.05, 3.63) is 0 Å². The zero-order valence-corrected chi connectivity index (χ0v) is 32.5. The van der Waals surface area contributed by atoms with Crippen LogP contribution in [0, 0.1) is 0 Å².